The van der Waals surface area contributed by atoms with Crippen LogP contribution in [0.5, 0.6) is 0 Å². The number of hydrogen-bond donors (Lipinski definition) is 1. The predicted molar refractivity (Wildman–Crippen MR) is 94.8 cm³/mol. The van der Waals surface area contributed by atoms with Crippen molar-refractivity contribution in [2.75, 3.05) is 13.1 Å². The minimum absolute atomic E-state index is 0.338. The lowest BCUT2D eigenvalue weighted by atomic mass is 10.1. The van der Waals surface area contributed by atoms with Gasteiger partial charge in [-0.05, 0) is 44.9 Å². The SMILES string of the molecule is Cc1cc(C(=O)N2CCCC2C(=O)NCC(F)(F)F)c(C)n1Cc1ccco1. The molecule has 0 aromatic carbocycles. The van der Waals surface area contributed by atoms with Crippen LogP contribution in [0, 0.1) is 13.8 Å². The molecule has 2 aromatic heterocycles. The van der Waals surface area contributed by atoms with Gasteiger partial charge in [-0.25, -0.2) is 0 Å². The van der Waals surface area contributed by atoms with E-state index in [2.05, 4.69) is 0 Å². The number of amides is 2. The minimum Gasteiger partial charge on any atom is -0.467 e. The van der Waals surface area contributed by atoms with Crippen LogP contribution in [0.1, 0.15) is 40.3 Å². The lowest BCUT2D eigenvalue weighted by Gasteiger charge is -2.24. The van der Waals surface area contributed by atoms with Crippen molar-refractivity contribution in [2.24, 2.45) is 0 Å². The number of alkyl halides is 3. The summed E-state index contributed by atoms with van der Waals surface area (Å²) in [6.07, 6.45) is -1.99. The van der Waals surface area contributed by atoms with Crippen molar-refractivity contribution in [3.05, 3.63) is 47.2 Å². The highest BCUT2D eigenvalue weighted by molar-refractivity contribution is 5.99. The number of carbonyl (C=O) groups excluding carboxylic acids is 2. The molecule has 152 valence electrons. The van der Waals surface area contributed by atoms with Crippen molar-refractivity contribution in [3.8, 4) is 0 Å². The largest absolute Gasteiger partial charge is 0.467 e. The van der Waals surface area contributed by atoms with Gasteiger partial charge >= 0.3 is 6.18 Å². The zero-order valence-corrected chi connectivity index (χ0v) is 15.7. The molecule has 1 aliphatic rings. The fourth-order valence-corrected chi connectivity index (χ4v) is 3.56. The van der Waals surface area contributed by atoms with E-state index in [1.807, 2.05) is 22.9 Å². The fraction of sp³-hybridized carbons (Fsp3) is 0.474. The molecule has 3 heterocycles. The van der Waals surface area contributed by atoms with Gasteiger partial charge in [-0.2, -0.15) is 13.2 Å². The molecule has 0 radical (unpaired) electrons. The molecular formula is C19H22F3N3O3. The van der Waals surface area contributed by atoms with E-state index < -0.39 is 24.7 Å². The van der Waals surface area contributed by atoms with Crippen molar-refractivity contribution in [1.82, 2.24) is 14.8 Å². The van der Waals surface area contributed by atoms with Crippen LogP contribution in [0.15, 0.2) is 28.9 Å². The second kappa shape index (κ2) is 7.73. The highest BCUT2D eigenvalue weighted by Gasteiger charge is 2.37. The van der Waals surface area contributed by atoms with Gasteiger partial charge < -0.3 is 19.2 Å². The molecule has 0 bridgehead atoms. The van der Waals surface area contributed by atoms with Crippen molar-refractivity contribution >= 4 is 11.8 Å². The van der Waals surface area contributed by atoms with Crippen LogP contribution in [0.25, 0.3) is 0 Å². The van der Waals surface area contributed by atoms with E-state index in [1.165, 1.54) is 4.90 Å². The Morgan fingerprint density at radius 3 is 2.71 bits per heavy atom. The molecule has 6 nitrogen and oxygen atoms in total. The molecule has 1 aliphatic heterocycles. The molecule has 1 saturated heterocycles. The molecule has 9 heteroatoms. The quantitative estimate of drug-likeness (QED) is 0.843. The zero-order chi connectivity index (χ0) is 20.5. The van der Waals surface area contributed by atoms with E-state index in [9.17, 15) is 22.8 Å². The predicted octanol–water partition coefficient (Wildman–Crippen LogP) is 3.03. The number of rotatable bonds is 5. The van der Waals surface area contributed by atoms with Gasteiger partial charge in [0, 0.05) is 17.9 Å². The maximum Gasteiger partial charge on any atom is 0.405 e. The number of nitrogens with zero attached hydrogens (tertiary/aromatic N) is 2. The summed E-state index contributed by atoms with van der Waals surface area (Å²) in [4.78, 5) is 26.6. The van der Waals surface area contributed by atoms with Crippen LogP contribution >= 0.6 is 0 Å². The molecule has 0 aliphatic carbocycles. The average molecular weight is 397 g/mol. The van der Waals surface area contributed by atoms with Crippen molar-refractivity contribution < 1.29 is 27.2 Å². The van der Waals surface area contributed by atoms with Crippen LogP contribution in [0.4, 0.5) is 13.2 Å². The Bertz CT molecular complexity index is 856. The van der Waals surface area contributed by atoms with Crippen LogP contribution < -0.4 is 5.32 Å². The molecule has 0 spiro atoms. The van der Waals surface area contributed by atoms with E-state index in [0.29, 0.717) is 31.5 Å². The van der Waals surface area contributed by atoms with Crippen molar-refractivity contribution in [3.63, 3.8) is 0 Å². The molecule has 1 fully saturated rings. The minimum atomic E-state index is -4.49. The van der Waals surface area contributed by atoms with E-state index in [1.54, 1.807) is 25.3 Å². The number of likely N-dealkylation sites (tertiary alicyclic amines) is 1. The molecule has 1 N–H and O–H groups in total. The summed E-state index contributed by atoms with van der Waals surface area (Å²) in [6, 6.07) is 4.47. The summed E-state index contributed by atoms with van der Waals surface area (Å²) in [6.45, 7) is 3.07. The zero-order valence-electron chi connectivity index (χ0n) is 15.7. The van der Waals surface area contributed by atoms with Crippen molar-refractivity contribution in [1.29, 1.82) is 0 Å². The lowest BCUT2D eigenvalue weighted by molar-refractivity contribution is -0.140. The van der Waals surface area contributed by atoms with Crippen LogP contribution in [0.2, 0.25) is 0 Å². The Morgan fingerprint density at radius 1 is 1.32 bits per heavy atom. The number of aromatic nitrogens is 1. The fourth-order valence-electron chi connectivity index (χ4n) is 3.56. The Morgan fingerprint density at radius 2 is 2.07 bits per heavy atom. The number of carbonyl (C=O) groups is 2. The third-order valence-corrected chi connectivity index (χ3v) is 4.98. The highest BCUT2D eigenvalue weighted by Crippen LogP contribution is 2.25. The molecule has 3 rings (SSSR count). The summed E-state index contributed by atoms with van der Waals surface area (Å²) < 4.78 is 44.4. The Hall–Kier alpha value is -2.71. The maximum atomic E-state index is 13.0. The second-order valence-corrected chi connectivity index (χ2v) is 6.94. The first-order chi connectivity index (χ1) is 13.2. The third-order valence-electron chi connectivity index (χ3n) is 4.98. The van der Waals surface area contributed by atoms with Gasteiger partial charge in [0.15, 0.2) is 0 Å². The first kappa shape index (κ1) is 20.0. The number of hydrogen-bond acceptors (Lipinski definition) is 3. The smallest absolute Gasteiger partial charge is 0.405 e. The van der Waals surface area contributed by atoms with E-state index in [-0.39, 0.29) is 5.91 Å². The number of furan rings is 1. The van der Waals surface area contributed by atoms with Gasteiger partial charge in [-0.1, -0.05) is 0 Å². The Labute approximate surface area is 160 Å². The van der Waals surface area contributed by atoms with Gasteiger partial charge in [-0.15, -0.1) is 0 Å². The normalized spacial score (nSPS) is 17.2. The molecule has 2 amide bonds. The third kappa shape index (κ3) is 4.23. The molecular weight excluding hydrogens is 375 g/mol. The number of aryl methyl sites for hydroxylation is 1. The summed E-state index contributed by atoms with van der Waals surface area (Å²) in [5, 5.41) is 1.89. The topological polar surface area (TPSA) is 67.5 Å². The molecule has 2 aromatic rings. The summed E-state index contributed by atoms with van der Waals surface area (Å²) >= 11 is 0. The first-order valence-corrected chi connectivity index (χ1v) is 9.02. The van der Waals surface area contributed by atoms with Gasteiger partial charge in [0.25, 0.3) is 5.91 Å². The Kier molecular flexibility index (Phi) is 5.53. The van der Waals surface area contributed by atoms with E-state index in [4.69, 9.17) is 4.42 Å². The van der Waals surface area contributed by atoms with Crippen molar-refractivity contribution in [2.45, 2.75) is 45.5 Å². The van der Waals surface area contributed by atoms with Crippen LogP contribution in [0.3, 0.4) is 0 Å². The van der Waals surface area contributed by atoms with Crippen LogP contribution in [-0.4, -0.2) is 46.6 Å². The monoisotopic (exact) mass is 397 g/mol. The molecule has 1 unspecified atom stereocenters. The average Bonchev–Trinajstić information content (AvgIpc) is 3.35. The van der Waals surface area contributed by atoms with E-state index in [0.717, 1.165) is 17.1 Å². The van der Waals surface area contributed by atoms with Gasteiger partial charge in [-0.3, -0.25) is 9.59 Å². The molecule has 1 atom stereocenters. The molecule has 28 heavy (non-hydrogen) atoms. The van der Waals surface area contributed by atoms with Gasteiger partial charge in [0.2, 0.25) is 5.91 Å². The summed E-state index contributed by atoms with van der Waals surface area (Å²) in [7, 11) is 0. The second-order valence-electron chi connectivity index (χ2n) is 6.94. The van der Waals surface area contributed by atoms with Crippen LogP contribution in [-0.2, 0) is 11.3 Å². The van der Waals surface area contributed by atoms with Gasteiger partial charge in [0.1, 0.15) is 18.3 Å². The number of nitrogens with one attached hydrogen (secondary N) is 1. The highest BCUT2D eigenvalue weighted by atomic mass is 19.4. The molecule has 0 saturated carbocycles. The summed E-state index contributed by atoms with van der Waals surface area (Å²) in [5.41, 5.74) is 2.02. The van der Waals surface area contributed by atoms with Gasteiger partial charge in [0.05, 0.1) is 18.4 Å². The number of halogens is 3. The first-order valence-electron chi connectivity index (χ1n) is 9.02. The standard InChI is InChI=1S/C19H22F3N3O3/c1-12-9-15(13(2)25(12)10-14-5-4-8-28-14)18(27)24-7-3-6-16(24)17(26)23-11-19(20,21)22/h4-5,8-9,16H,3,6-7,10-11H2,1-2H3,(H,23,26). The lowest BCUT2D eigenvalue weighted by Crippen LogP contribution is -2.48. The van der Waals surface area contributed by atoms with E-state index >= 15 is 0 Å². The summed E-state index contributed by atoms with van der Waals surface area (Å²) in [5.74, 6) is -0.373. The Balaban J connectivity index is 1.76. The maximum absolute atomic E-state index is 13.0.